The topological polar surface area (TPSA) is 6.48 Å². The highest BCUT2D eigenvalue weighted by atomic mass is 79.9. The average Bonchev–Trinajstić information content (AvgIpc) is 2.58. The van der Waals surface area contributed by atoms with E-state index >= 15 is 0 Å². The van der Waals surface area contributed by atoms with Crippen molar-refractivity contribution in [3.05, 3.63) is 58.3 Å². The van der Waals surface area contributed by atoms with Gasteiger partial charge >= 0.3 is 0 Å². The highest BCUT2D eigenvalue weighted by Crippen LogP contribution is 2.33. The van der Waals surface area contributed by atoms with Gasteiger partial charge in [0.25, 0.3) is 0 Å². The normalized spacial score (nSPS) is 15.8. The summed E-state index contributed by atoms with van der Waals surface area (Å²) in [7, 11) is 2.12. The second-order valence-electron chi connectivity index (χ2n) is 5.14. The predicted molar refractivity (Wildman–Crippen MR) is 83.9 cm³/mol. The minimum atomic E-state index is -0.197. The predicted octanol–water partition coefficient (Wildman–Crippen LogP) is 4.17. The first-order chi connectivity index (χ1) is 9.63. The number of halogens is 2. The lowest BCUT2D eigenvalue weighted by atomic mass is 10.1. The molecule has 0 spiro atoms. The smallest absolute Gasteiger partial charge is 0.123 e. The Bertz CT molecular complexity index is 612. The molecular formula is C16H16BrFN2. The molecule has 0 saturated carbocycles. The highest BCUT2D eigenvalue weighted by molar-refractivity contribution is 9.10. The van der Waals surface area contributed by atoms with Crippen LogP contribution in [0.2, 0.25) is 0 Å². The lowest BCUT2D eigenvalue weighted by molar-refractivity contribution is 0.343. The molecule has 0 aromatic heterocycles. The van der Waals surface area contributed by atoms with E-state index in [2.05, 4.69) is 51.0 Å². The number of anilines is 2. The second kappa shape index (κ2) is 5.54. The Labute approximate surface area is 126 Å². The van der Waals surface area contributed by atoms with Crippen LogP contribution in [0.1, 0.15) is 5.56 Å². The largest absolute Gasteiger partial charge is 0.340 e. The van der Waals surface area contributed by atoms with Crippen LogP contribution in [-0.4, -0.2) is 25.0 Å². The minimum absolute atomic E-state index is 0.197. The molecule has 0 aliphatic carbocycles. The molecule has 0 bridgehead atoms. The maximum atomic E-state index is 13.1. The van der Waals surface area contributed by atoms with Crippen LogP contribution in [0.4, 0.5) is 15.8 Å². The van der Waals surface area contributed by atoms with Gasteiger partial charge in [-0.1, -0.05) is 15.9 Å². The summed E-state index contributed by atoms with van der Waals surface area (Å²) in [6, 6.07) is 13.1. The number of fused-ring (bicyclic) bond motifs is 1. The van der Waals surface area contributed by atoms with Gasteiger partial charge in [0, 0.05) is 35.5 Å². The molecule has 0 N–H and O–H groups in total. The number of hydrogen-bond acceptors (Lipinski definition) is 2. The minimum Gasteiger partial charge on any atom is -0.340 e. The molecule has 0 atom stereocenters. The lowest BCUT2D eigenvalue weighted by Gasteiger charge is -2.25. The second-order valence-corrected chi connectivity index (χ2v) is 6.05. The molecule has 104 valence electrons. The van der Waals surface area contributed by atoms with E-state index in [0.717, 1.165) is 29.8 Å². The fraction of sp³-hybridized carbons (Fsp3) is 0.250. The summed E-state index contributed by atoms with van der Waals surface area (Å²) in [5.74, 6) is -0.197. The summed E-state index contributed by atoms with van der Waals surface area (Å²) in [6.45, 7) is 2.80. The van der Waals surface area contributed by atoms with E-state index in [1.54, 1.807) is 0 Å². The van der Waals surface area contributed by atoms with Crippen LogP contribution in [0.5, 0.6) is 0 Å². The Morgan fingerprint density at radius 2 is 1.80 bits per heavy atom. The van der Waals surface area contributed by atoms with Gasteiger partial charge in [-0.2, -0.15) is 0 Å². The zero-order valence-electron chi connectivity index (χ0n) is 11.3. The summed E-state index contributed by atoms with van der Waals surface area (Å²) in [6.07, 6.45) is 0. The SMILES string of the molecule is CN1CCN(c2ccc(F)cc2)c2ccc(Br)cc2C1. The van der Waals surface area contributed by atoms with Crippen molar-refractivity contribution in [1.29, 1.82) is 0 Å². The van der Waals surface area contributed by atoms with E-state index in [-0.39, 0.29) is 5.82 Å². The van der Waals surface area contributed by atoms with Gasteiger partial charge < -0.3 is 9.80 Å². The third-order valence-electron chi connectivity index (χ3n) is 3.62. The molecule has 0 fully saturated rings. The van der Waals surface area contributed by atoms with E-state index in [1.165, 1.54) is 23.4 Å². The fourth-order valence-corrected chi connectivity index (χ4v) is 3.00. The molecule has 0 saturated heterocycles. The molecule has 1 aliphatic rings. The number of rotatable bonds is 1. The number of likely N-dealkylation sites (N-methyl/N-ethyl adjacent to an activating group) is 1. The van der Waals surface area contributed by atoms with E-state index in [0.29, 0.717) is 0 Å². The monoisotopic (exact) mass is 334 g/mol. The Morgan fingerprint density at radius 1 is 1.05 bits per heavy atom. The standard InChI is InChI=1S/C16H16BrFN2/c1-19-8-9-20(15-5-3-14(18)4-6-15)16-7-2-13(17)10-12(16)11-19/h2-7,10H,8-9,11H2,1H3. The molecule has 2 nitrogen and oxygen atoms in total. The van der Waals surface area contributed by atoms with E-state index in [9.17, 15) is 4.39 Å². The first kappa shape index (κ1) is 13.6. The van der Waals surface area contributed by atoms with Gasteiger partial charge in [0.1, 0.15) is 5.82 Å². The first-order valence-corrected chi connectivity index (χ1v) is 7.43. The summed E-state index contributed by atoms with van der Waals surface area (Å²) < 4.78 is 14.2. The van der Waals surface area contributed by atoms with Gasteiger partial charge in [-0.05, 0) is 55.1 Å². The molecular weight excluding hydrogens is 319 g/mol. The molecule has 2 aromatic rings. The summed E-state index contributed by atoms with van der Waals surface area (Å²) >= 11 is 3.53. The molecule has 1 aliphatic heterocycles. The van der Waals surface area contributed by atoms with Crippen LogP contribution in [0.3, 0.4) is 0 Å². The highest BCUT2D eigenvalue weighted by Gasteiger charge is 2.19. The number of hydrogen-bond donors (Lipinski definition) is 0. The molecule has 20 heavy (non-hydrogen) atoms. The molecule has 0 radical (unpaired) electrons. The fourth-order valence-electron chi connectivity index (χ4n) is 2.59. The van der Waals surface area contributed by atoms with Crippen molar-refractivity contribution in [2.45, 2.75) is 6.54 Å². The third kappa shape index (κ3) is 2.72. The summed E-state index contributed by atoms with van der Waals surface area (Å²) in [5.41, 5.74) is 3.51. The van der Waals surface area contributed by atoms with Gasteiger partial charge in [0.05, 0.1) is 0 Å². The molecule has 3 rings (SSSR count). The van der Waals surface area contributed by atoms with Gasteiger partial charge in [-0.3, -0.25) is 0 Å². The van der Waals surface area contributed by atoms with Crippen molar-refractivity contribution < 1.29 is 4.39 Å². The quantitative estimate of drug-likeness (QED) is 0.772. The third-order valence-corrected chi connectivity index (χ3v) is 4.11. The van der Waals surface area contributed by atoms with Crippen molar-refractivity contribution in [3.8, 4) is 0 Å². The molecule has 0 unspecified atom stereocenters. The Morgan fingerprint density at radius 3 is 2.55 bits per heavy atom. The van der Waals surface area contributed by atoms with Crippen LogP contribution in [0, 0.1) is 5.82 Å². The van der Waals surface area contributed by atoms with Crippen LogP contribution >= 0.6 is 15.9 Å². The maximum Gasteiger partial charge on any atom is 0.123 e. The summed E-state index contributed by atoms with van der Waals surface area (Å²) in [5, 5.41) is 0. The zero-order valence-corrected chi connectivity index (χ0v) is 12.9. The number of benzene rings is 2. The molecule has 2 aromatic carbocycles. The van der Waals surface area contributed by atoms with Crippen LogP contribution in [0.15, 0.2) is 46.9 Å². The molecule has 4 heteroatoms. The van der Waals surface area contributed by atoms with Crippen LogP contribution < -0.4 is 4.90 Å². The Kier molecular flexibility index (Phi) is 3.76. The maximum absolute atomic E-state index is 13.1. The Hall–Kier alpha value is -1.39. The number of nitrogens with zero attached hydrogens (tertiary/aromatic N) is 2. The molecule has 0 amide bonds. The first-order valence-electron chi connectivity index (χ1n) is 6.63. The lowest BCUT2D eigenvalue weighted by Crippen LogP contribution is -2.26. The van der Waals surface area contributed by atoms with Crippen LogP contribution in [0.25, 0.3) is 0 Å². The van der Waals surface area contributed by atoms with Gasteiger partial charge in [0.15, 0.2) is 0 Å². The zero-order chi connectivity index (χ0) is 14.1. The van der Waals surface area contributed by atoms with E-state index in [1.807, 2.05) is 12.1 Å². The van der Waals surface area contributed by atoms with E-state index < -0.39 is 0 Å². The Balaban J connectivity index is 2.05. The van der Waals surface area contributed by atoms with Crippen molar-refractivity contribution >= 4 is 27.3 Å². The molecule has 1 heterocycles. The van der Waals surface area contributed by atoms with Crippen molar-refractivity contribution in [2.75, 3.05) is 25.0 Å². The van der Waals surface area contributed by atoms with Crippen molar-refractivity contribution in [1.82, 2.24) is 4.90 Å². The van der Waals surface area contributed by atoms with Crippen LogP contribution in [-0.2, 0) is 6.54 Å². The van der Waals surface area contributed by atoms with Gasteiger partial charge in [-0.25, -0.2) is 4.39 Å². The van der Waals surface area contributed by atoms with Crippen molar-refractivity contribution in [3.63, 3.8) is 0 Å². The van der Waals surface area contributed by atoms with Crippen molar-refractivity contribution in [2.24, 2.45) is 0 Å². The van der Waals surface area contributed by atoms with Gasteiger partial charge in [0.2, 0.25) is 0 Å². The van der Waals surface area contributed by atoms with Gasteiger partial charge in [-0.15, -0.1) is 0 Å². The summed E-state index contributed by atoms with van der Waals surface area (Å²) in [4.78, 5) is 4.56. The average molecular weight is 335 g/mol. The van der Waals surface area contributed by atoms with E-state index in [4.69, 9.17) is 0 Å².